The van der Waals surface area contributed by atoms with E-state index in [1.54, 1.807) is 37.5 Å². The predicted molar refractivity (Wildman–Crippen MR) is 110 cm³/mol. The Labute approximate surface area is 176 Å². The molecule has 4 aromatic rings. The first-order valence-electron chi connectivity index (χ1n) is 9.24. The van der Waals surface area contributed by atoms with E-state index in [-0.39, 0.29) is 39.3 Å². The first-order chi connectivity index (χ1) is 14.2. The summed E-state index contributed by atoms with van der Waals surface area (Å²) in [6.07, 6.45) is 1.50. The Morgan fingerprint density at radius 3 is 2.67 bits per heavy atom. The van der Waals surface area contributed by atoms with Gasteiger partial charge in [0.1, 0.15) is 23.5 Å². The van der Waals surface area contributed by atoms with Crippen molar-refractivity contribution in [1.29, 1.82) is 5.26 Å². The molecule has 10 heteroatoms. The van der Waals surface area contributed by atoms with E-state index in [4.69, 9.17) is 20.9 Å². The summed E-state index contributed by atoms with van der Waals surface area (Å²) in [7, 11) is 1.55. The molecule has 9 nitrogen and oxygen atoms in total. The monoisotopic (exact) mass is 426 g/mol. The largest absolute Gasteiger partial charge is 0.371 e. The third-order valence-electron chi connectivity index (χ3n) is 5.10. The van der Waals surface area contributed by atoms with Crippen LogP contribution >= 0.6 is 11.6 Å². The molecule has 0 fully saturated rings. The van der Waals surface area contributed by atoms with Crippen LogP contribution < -0.4 is 5.56 Å². The second kappa shape index (κ2) is 6.93. The standard InChI is InChI=1S/C20H19ClN6O3/c1-10(2)27-15-11(8-22)12(21)6-7-13(15)26-9-23-14(16(26)18(27)28)17-24-19(25-30-17)20(3,4)29-5/h6-7,9-10H,1-5H3. The minimum atomic E-state index is -0.763. The van der Waals surface area contributed by atoms with Crippen LogP contribution in [0.1, 0.15) is 45.1 Å². The number of halogens is 1. The number of hydrogen-bond acceptors (Lipinski definition) is 7. The molecule has 0 aliphatic rings. The molecule has 0 N–H and O–H groups in total. The Kier molecular flexibility index (Phi) is 4.64. The first-order valence-corrected chi connectivity index (χ1v) is 9.62. The quantitative estimate of drug-likeness (QED) is 0.489. The number of methoxy groups -OCH3 is 1. The van der Waals surface area contributed by atoms with Crippen LogP contribution in [0.5, 0.6) is 0 Å². The Morgan fingerprint density at radius 2 is 2.03 bits per heavy atom. The van der Waals surface area contributed by atoms with Crippen molar-refractivity contribution in [2.45, 2.75) is 39.3 Å². The van der Waals surface area contributed by atoms with Gasteiger partial charge in [-0.05, 0) is 39.8 Å². The van der Waals surface area contributed by atoms with Gasteiger partial charge in [-0.2, -0.15) is 10.2 Å². The maximum atomic E-state index is 13.5. The lowest BCUT2D eigenvalue weighted by Crippen LogP contribution is -2.25. The molecule has 0 bridgehead atoms. The van der Waals surface area contributed by atoms with Gasteiger partial charge in [-0.15, -0.1) is 0 Å². The summed E-state index contributed by atoms with van der Waals surface area (Å²) >= 11 is 6.24. The summed E-state index contributed by atoms with van der Waals surface area (Å²) in [6.45, 7) is 7.33. The number of nitriles is 1. The maximum absolute atomic E-state index is 13.5. The first kappa shape index (κ1) is 20.1. The van der Waals surface area contributed by atoms with Crippen LogP contribution in [-0.2, 0) is 10.3 Å². The van der Waals surface area contributed by atoms with Crippen molar-refractivity contribution in [3.8, 4) is 17.7 Å². The molecule has 4 rings (SSSR count). The molecule has 0 spiro atoms. The van der Waals surface area contributed by atoms with E-state index in [2.05, 4.69) is 21.2 Å². The molecule has 30 heavy (non-hydrogen) atoms. The smallest absolute Gasteiger partial charge is 0.279 e. The third kappa shape index (κ3) is 2.80. The second-order valence-electron chi connectivity index (χ2n) is 7.62. The lowest BCUT2D eigenvalue weighted by Gasteiger charge is -2.17. The number of nitrogens with zero attached hydrogens (tertiary/aromatic N) is 6. The second-order valence-corrected chi connectivity index (χ2v) is 8.03. The van der Waals surface area contributed by atoms with Gasteiger partial charge in [0.2, 0.25) is 5.82 Å². The number of fused-ring (bicyclic) bond motifs is 3. The zero-order valence-corrected chi connectivity index (χ0v) is 17.9. The lowest BCUT2D eigenvalue weighted by atomic mass is 10.1. The molecular formula is C20H19ClN6O3. The Hall–Kier alpha value is -3.22. The molecule has 0 aliphatic carbocycles. The highest BCUT2D eigenvalue weighted by molar-refractivity contribution is 6.32. The number of benzene rings is 1. The predicted octanol–water partition coefficient (Wildman–Crippen LogP) is 3.69. The van der Waals surface area contributed by atoms with E-state index in [9.17, 15) is 10.1 Å². The van der Waals surface area contributed by atoms with Crippen molar-refractivity contribution in [2.75, 3.05) is 7.11 Å². The molecule has 3 heterocycles. The Balaban J connectivity index is 2.10. The molecular weight excluding hydrogens is 408 g/mol. The maximum Gasteiger partial charge on any atom is 0.279 e. The Bertz CT molecular complexity index is 1390. The van der Waals surface area contributed by atoms with Crippen LogP contribution in [0.15, 0.2) is 27.8 Å². The van der Waals surface area contributed by atoms with E-state index >= 15 is 0 Å². The average molecular weight is 427 g/mol. The van der Waals surface area contributed by atoms with E-state index in [0.717, 1.165) is 0 Å². The van der Waals surface area contributed by atoms with Crippen molar-refractivity contribution >= 4 is 28.2 Å². The number of rotatable bonds is 4. The van der Waals surface area contributed by atoms with E-state index in [0.29, 0.717) is 16.9 Å². The third-order valence-corrected chi connectivity index (χ3v) is 5.42. The number of imidazole rings is 1. The fourth-order valence-corrected chi connectivity index (χ4v) is 3.55. The molecule has 0 atom stereocenters. The molecule has 154 valence electrons. The number of hydrogen-bond donors (Lipinski definition) is 0. The molecule has 3 aromatic heterocycles. The van der Waals surface area contributed by atoms with Crippen molar-refractivity contribution < 1.29 is 9.26 Å². The summed E-state index contributed by atoms with van der Waals surface area (Å²) in [5.41, 5.74) is 0.737. The van der Waals surface area contributed by atoms with Gasteiger partial charge < -0.3 is 13.8 Å². The van der Waals surface area contributed by atoms with Crippen LogP contribution in [0, 0.1) is 11.3 Å². The van der Waals surface area contributed by atoms with E-state index in [1.165, 1.54) is 10.9 Å². The summed E-state index contributed by atoms with van der Waals surface area (Å²) in [5.74, 6) is 0.448. The van der Waals surface area contributed by atoms with Gasteiger partial charge in [0, 0.05) is 13.2 Å². The van der Waals surface area contributed by atoms with Crippen LogP contribution in [0.2, 0.25) is 5.02 Å². The van der Waals surface area contributed by atoms with Gasteiger partial charge in [-0.3, -0.25) is 9.20 Å². The van der Waals surface area contributed by atoms with Gasteiger partial charge in [0.25, 0.3) is 11.4 Å². The van der Waals surface area contributed by atoms with Gasteiger partial charge in [-0.1, -0.05) is 16.8 Å². The molecule has 0 saturated heterocycles. The molecule has 0 aliphatic heterocycles. The van der Waals surface area contributed by atoms with Crippen molar-refractivity contribution in [3.63, 3.8) is 0 Å². The highest BCUT2D eigenvalue weighted by atomic mass is 35.5. The van der Waals surface area contributed by atoms with Crippen LogP contribution in [0.25, 0.3) is 28.1 Å². The minimum Gasteiger partial charge on any atom is -0.371 e. The molecule has 0 amide bonds. The van der Waals surface area contributed by atoms with Crippen LogP contribution in [0.4, 0.5) is 0 Å². The SMILES string of the molecule is COC(C)(C)c1noc(-c2ncn3c2c(=O)n(C(C)C)c2c(C#N)c(Cl)ccc23)n1. The molecule has 0 radical (unpaired) electrons. The lowest BCUT2D eigenvalue weighted by molar-refractivity contribution is 0.00973. The normalized spacial score (nSPS) is 12.2. The molecule has 0 unspecified atom stereocenters. The summed E-state index contributed by atoms with van der Waals surface area (Å²) < 4.78 is 13.9. The van der Waals surface area contributed by atoms with E-state index in [1.807, 2.05) is 13.8 Å². The topological polar surface area (TPSA) is 111 Å². The highest BCUT2D eigenvalue weighted by Crippen LogP contribution is 2.30. The van der Waals surface area contributed by atoms with Crippen LogP contribution in [0.3, 0.4) is 0 Å². The fraction of sp³-hybridized carbons (Fsp3) is 0.350. The zero-order chi connectivity index (χ0) is 21.8. The number of aromatic nitrogens is 5. The Morgan fingerprint density at radius 1 is 1.30 bits per heavy atom. The van der Waals surface area contributed by atoms with Crippen molar-refractivity contribution in [1.82, 2.24) is 24.1 Å². The average Bonchev–Trinajstić information content (AvgIpc) is 3.35. The van der Waals surface area contributed by atoms with Gasteiger partial charge >= 0.3 is 0 Å². The van der Waals surface area contributed by atoms with Gasteiger partial charge in [-0.25, -0.2) is 4.98 Å². The van der Waals surface area contributed by atoms with Crippen molar-refractivity contribution in [2.24, 2.45) is 0 Å². The van der Waals surface area contributed by atoms with Gasteiger partial charge in [0.05, 0.1) is 21.6 Å². The minimum absolute atomic E-state index is 0.110. The number of ether oxygens (including phenoxy) is 1. The summed E-state index contributed by atoms with van der Waals surface area (Å²) in [4.78, 5) is 22.3. The summed E-state index contributed by atoms with van der Waals surface area (Å²) in [5, 5.41) is 13.9. The fourth-order valence-electron chi connectivity index (χ4n) is 3.36. The van der Waals surface area contributed by atoms with Gasteiger partial charge in [0.15, 0.2) is 5.69 Å². The van der Waals surface area contributed by atoms with E-state index < -0.39 is 5.60 Å². The molecule has 0 saturated carbocycles. The zero-order valence-electron chi connectivity index (χ0n) is 17.1. The van der Waals surface area contributed by atoms with Crippen LogP contribution in [-0.4, -0.2) is 31.2 Å². The van der Waals surface area contributed by atoms with Crippen molar-refractivity contribution in [3.05, 3.63) is 45.2 Å². The summed E-state index contributed by atoms with van der Waals surface area (Å²) in [6, 6.07) is 5.26. The highest BCUT2D eigenvalue weighted by Gasteiger charge is 2.29. The molecule has 1 aromatic carbocycles.